The van der Waals surface area contributed by atoms with Gasteiger partial charge in [0.15, 0.2) is 0 Å². The average molecular weight is 147 g/mol. The van der Waals surface area contributed by atoms with E-state index in [-0.39, 0.29) is 12.2 Å². The van der Waals surface area contributed by atoms with Crippen LogP contribution in [-0.4, -0.2) is 32.5 Å². The molecule has 0 spiro atoms. The van der Waals surface area contributed by atoms with Crippen LogP contribution in [0.15, 0.2) is 0 Å². The number of hydrogen-bond donors (Lipinski definition) is 1. The minimum Gasteiger partial charge on any atom is -0.379 e. The van der Waals surface area contributed by atoms with Crippen molar-refractivity contribution in [1.29, 1.82) is 0 Å². The van der Waals surface area contributed by atoms with Crippen molar-refractivity contribution in [3.63, 3.8) is 0 Å². The third-order valence-corrected chi connectivity index (χ3v) is 1.51. The predicted octanol–water partition coefficient (Wildman–Crippen LogP) is 0.385. The summed E-state index contributed by atoms with van der Waals surface area (Å²) in [6.45, 7) is 5.11. The molecule has 0 aliphatic heterocycles. The lowest BCUT2D eigenvalue weighted by atomic mass is 10.2. The third-order valence-electron chi connectivity index (χ3n) is 1.51. The molecule has 0 radical (unpaired) electrons. The number of nitrogens with two attached hydrogens (primary N) is 1. The van der Waals surface area contributed by atoms with E-state index in [1.165, 1.54) is 0 Å². The second-order valence-electron chi connectivity index (χ2n) is 2.17. The molecule has 0 aromatic carbocycles. The molecular weight excluding hydrogens is 130 g/mol. The van der Waals surface area contributed by atoms with Gasteiger partial charge in [-0.3, -0.25) is 0 Å². The molecular formula is C7H17NO2. The van der Waals surface area contributed by atoms with Gasteiger partial charge >= 0.3 is 0 Å². The molecule has 0 amide bonds. The van der Waals surface area contributed by atoms with Crippen LogP contribution < -0.4 is 5.73 Å². The zero-order valence-corrected chi connectivity index (χ0v) is 6.96. The van der Waals surface area contributed by atoms with Crippen LogP contribution >= 0.6 is 0 Å². The smallest absolute Gasteiger partial charge is 0.0955 e. The summed E-state index contributed by atoms with van der Waals surface area (Å²) in [5.74, 6) is 0. The summed E-state index contributed by atoms with van der Waals surface area (Å²) in [5, 5.41) is 0. The Morgan fingerprint density at radius 2 is 2.10 bits per heavy atom. The monoisotopic (exact) mass is 147 g/mol. The molecule has 0 aliphatic rings. The number of rotatable bonds is 5. The summed E-state index contributed by atoms with van der Waals surface area (Å²) in [5.41, 5.74) is 5.43. The number of hydrogen-bond acceptors (Lipinski definition) is 3. The Bertz CT molecular complexity index is 78.0. The van der Waals surface area contributed by atoms with Crippen molar-refractivity contribution < 1.29 is 9.47 Å². The summed E-state index contributed by atoms with van der Waals surface area (Å²) in [4.78, 5) is 0. The van der Waals surface area contributed by atoms with Gasteiger partial charge in [-0.15, -0.1) is 0 Å². The van der Waals surface area contributed by atoms with Gasteiger partial charge < -0.3 is 15.2 Å². The first-order valence-corrected chi connectivity index (χ1v) is 3.60. The fourth-order valence-corrected chi connectivity index (χ4v) is 0.761. The van der Waals surface area contributed by atoms with E-state index in [0.29, 0.717) is 13.2 Å². The van der Waals surface area contributed by atoms with Gasteiger partial charge in [-0.05, 0) is 13.8 Å². The van der Waals surface area contributed by atoms with Crippen molar-refractivity contribution in [2.45, 2.75) is 26.1 Å². The zero-order valence-electron chi connectivity index (χ0n) is 6.96. The quantitative estimate of drug-likeness (QED) is 0.611. The van der Waals surface area contributed by atoms with Gasteiger partial charge in [-0.25, -0.2) is 0 Å². The summed E-state index contributed by atoms with van der Waals surface area (Å²) in [6, 6.07) is 0. The van der Waals surface area contributed by atoms with Crippen molar-refractivity contribution in [3.05, 3.63) is 0 Å². The van der Waals surface area contributed by atoms with E-state index in [1.807, 2.05) is 13.8 Å². The number of methoxy groups -OCH3 is 1. The van der Waals surface area contributed by atoms with Crippen LogP contribution in [-0.2, 0) is 9.47 Å². The Morgan fingerprint density at radius 3 is 2.40 bits per heavy atom. The predicted molar refractivity (Wildman–Crippen MR) is 40.9 cm³/mol. The fourth-order valence-electron chi connectivity index (χ4n) is 0.761. The Morgan fingerprint density at radius 1 is 1.50 bits per heavy atom. The third kappa shape index (κ3) is 3.15. The van der Waals surface area contributed by atoms with Crippen LogP contribution in [0.25, 0.3) is 0 Å². The standard InChI is InChI=1S/C7H17NO2/c1-4-10-7(5-8)6(2)9-3/h6-7H,4-5,8H2,1-3H3. The van der Waals surface area contributed by atoms with Gasteiger partial charge in [-0.2, -0.15) is 0 Å². The second-order valence-corrected chi connectivity index (χ2v) is 2.17. The zero-order chi connectivity index (χ0) is 7.98. The molecule has 0 saturated carbocycles. The van der Waals surface area contributed by atoms with Crippen molar-refractivity contribution >= 4 is 0 Å². The van der Waals surface area contributed by atoms with Gasteiger partial charge in [0.1, 0.15) is 0 Å². The lowest BCUT2D eigenvalue weighted by Crippen LogP contribution is -2.35. The summed E-state index contributed by atoms with van der Waals surface area (Å²) >= 11 is 0. The molecule has 2 N–H and O–H groups in total. The second kappa shape index (κ2) is 5.65. The van der Waals surface area contributed by atoms with Gasteiger partial charge in [0, 0.05) is 20.3 Å². The van der Waals surface area contributed by atoms with Crippen molar-refractivity contribution in [2.75, 3.05) is 20.3 Å². The maximum Gasteiger partial charge on any atom is 0.0955 e. The van der Waals surface area contributed by atoms with Gasteiger partial charge in [0.05, 0.1) is 12.2 Å². The minimum atomic E-state index is 0.0370. The van der Waals surface area contributed by atoms with Crippen LogP contribution in [0.2, 0.25) is 0 Å². The highest BCUT2D eigenvalue weighted by atomic mass is 16.5. The molecule has 0 bridgehead atoms. The summed E-state index contributed by atoms with van der Waals surface area (Å²) in [7, 11) is 1.66. The normalized spacial score (nSPS) is 16.8. The average Bonchev–Trinajstić information content (AvgIpc) is 1.99. The molecule has 62 valence electrons. The fraction of sp³-hybridized carbons (Fsp3) is 1.00. The first-order valence-electron chi connectivity index (χ1n) is 3.60. The Labute approximate surface area is 62.5 Å². The molecule has 0 fully saturated rings. The van der Waals surface area contributed by atoms with E-state index in [0.717, 1.165) is 0 Å². The molecule has 0 aromatic rings. The highest BCUT2D eigenvalue weighted by Crippen LogP contribution is 2.00. The maximum atomic E-state index is 5.43. The Hall–Kier alpha value is -0.120. The van der Waals surface area contributed by atoms with E-state index in [4.69, 9.17) is 15.2 Å². The lowest BCUT2D eigenvalue weighted by Gasteiger charge is -2.20. The highest BCUT2D eigenvalue weighted by molar-refractivity contribution is 4.65. The van der Waals surface area contributed by atoms with E-state index in [1.54, 1.807) is 7.11 Å². The Balaban J connectivity index is 3.56. The molecule has 0 saturated heterocycles. The molecule has 0 rings (SSSR count). The van der Waals surface area contributed by atoms with Crippen LogP contribution in [0, 0.1) is 0 Å². The molecule has 0 aromatic heterocycles. The molecule has 0 heterocycles. The SMILES string of the molecule is CCOC(CN)C(C)OC. The first-order chi connectivity index (χ1) is 4.76. The van der Waals surface area contributed by atoms with E-state index >= 15 is 0 Å². The first kappa shape index (κ1) is 9.88. The molecule has 2 unspecified atom stereocenters. The minimum absolute atomic E-state index is 0.0370. The van der Waals surface area contributed by atoms with Gasteiger partial charge in [0.2, 0.25) is 0 Å². The van der Waals surface area contributed by atoms with Crippen LogP contribution in [0.5, 0.6) is 0 Å². The Kier molecular flexibility index (Phi) is 5.58. The molecule has 3 heteroatoms. The van der Waals surface area contributed by atoms with E-state index in [9.17, 15) is 0 Å². The summed E-state index contributed by atoms with van der Waals surface area (Å²) < 4.78 is 10.3. The van der Waals surface area contributed by atoms with Crippen molar-refractivity contribution in [1.82, 2.24) is 0 Å². The largest absolute Gasteiger partial charge is 0.379 e. The number of ether oxygens (including phenoxy) is 2. The van der Waals surface area contributed by atoms with Crippen molar-refractivity contribution in [3.8, 4) is 0 Å². The molecule has 3 nitrogen and oxygen atoms in total. The molecule has 10 heavy (non-hydrogen) atoms. The topological polar surface area (TPSA) is 44.5 Å². The van der Waals surface area contributed by atoms with E-state index < -0.39 is 0 Å². The summed E-state index contributed by atoms with van der Waals surface area (Å²) in [6.07, 6.45) is 0.125. The van der Waals surface area contributed by atoms with Crippen LogP contribution in [0.1, 0.15) is 13.8 Å². The lowest BCUT2D eigenvalue weighted by molar-refractivity contribution is -0.0385. The van der Waals surface area contributed by atoms with Crippen molar-refractivity contribution in [2.24, 2.45) is 5.73 Å². The molecule has 2 atom stereocenters. The highest BCUT2D eigenvalue weighted by Gasteiger charge is 2.13. The van der Waals surface area contributed by atoms with Crippen LogP contribution in [0.3, 0.4) is 0 Å². The van der Waals surface area contributed by atoms with E-state index in [2.05, 4.69) is 0 Å². The van der Waals surface area contributed by atoms with Gasteiger partial charge in [-0.1, -0.05) is 0 Å². The van der Waals surface area contributed by atoms with Gasteiger partial charge in [0.25, 0.3) is 0 Å². The molecule has 0 aliphatic carbocycles. The maximum absolute atomic E-state index is 5.43. The van der Waals surface area contributed by atoms with Crippen LogP contribution in [0.4, 0.5) is 0 Å².